The lowest BCUT2D eigenvalue weighted by Crippen LogP contribution is -2.43. The first-order valence-electron chi connectivity index (χ1n) is 5.51. The molecule has 2 atom stereocenters. The molecule has 0 fully saturated rings. The highest BCUT2D eigenvalue weighted by Crippen LogP contribution is 2.26. The van der Waals surface area contributed by atoms with Gasteiger partial charge >= 0.3 is 11.9 Å². The number of ether oxygens (including phenoxy) is 1. The van der Waals surface area contributed by atoms with E-state index in [-0.39, 0.29) is 12.5 Å². The predicted octanol–water partition coefficient (Wildman–Crippen LogP) is 2.58. The largest absolute Gasteiger partial charge is 0.479 e. The van der Waals surface area contributed by atoms with E-state index in [4.69, 9.17) is 21.4 Å². The van der Waals surface area contributed by atoms with Crippen molar-refractivity contribution in [1.29, 1.82) is 0 Å². The van der Waals surface area contributed by atoms with Gasteiger partial charge in [0.15, 0.2) is 0 Å². The fourth-order valence-electron chi connectivity index (χ4n) is 1.08. The van der Waals surface area contributed by atoms with E-state index in [9.17, 15) is 9.59 Å². The van der Waals surface area contributed by atoms with Crippen molar-refractivity contribution < 1.29 is 19.4 Å². The van der Waals surface area contributed by atoms with Crippen molar-refractivity contribution in [1.82, 2.24) is 0 Å². The number of rotatable bonds is 7. The Hall–Kier alpha value is -0.770. The molecule has 0 aromatic heterocycles. The number of esters is 1. The first-order valence-corrected chi connectivity index (χ1v) is 5.89. The summed E-state index contributed by atoms with van der Waals surface area (Å²) in [5.41, 5.74) is 0. The Labute approximate surface area is 101 Å². The summed E-state index contributed by atoms with van der Waals surface area (Å²) >= 11 is 5.83. The van der Waals surface area contributed by atoms with Crippen LogP contribution in [0.15, 0.2) is 0 Å². The van der Waals surface area contributed by atoms with Gasteiger partial charge in [-0.05, 0) is 19.8 Å². The van der Waals surface area contributed by atoms with Crippen LogP contribution in [0.1, 0.15) is 46.5 Å². The maximum Gasteiger partial charge on any atom is 0.339 e. The van der Waals surface area contributed by atoms with Crippen LogP contribution in [0.3, 0.4) is 0 Å². The molecule has 5 heteroatoms. The van der Waals surface area contributed by atoms with Crippen LogP contribution < -0.4 is 0 Å². The summed E-state index contributed by atoms with van der Waals surface area (Å²) in [6, 6.07) is 0. The highest BCUT2D eigenvalue weighted by Gasteiger charge is 2.45. The SMILES string of the molecule is CCCCC(Cl)(C(=O)O)C(=O)OC(C)CC. The highest BCUT2D eigenvalue weighted by atomic mass is 35.5. The van der Waals surface area contributed by atoms with Crippen molar-refractivity contribution in [3.63, 3.8) is 0 Å². The van der Waals surface area contributed by atoms with Gasteiger partial charge in [-0.1, -0.05) is 38.3 Å². The third-order valence-corrected chi connectivity index (χ3v) is 2.93. The number of halogens is 1. The van der Waals surface area contributed by atoms with E-state index in [0.717, 1.165) is 6.42 Å². The fraction of sp³-hybridized carbons (Fsp3) is 0.818. The Morgan fingerprint density at radius 2 is 2.00 bits per heavy atom. The summed E-state index contributed by atoms with van der Waals surface area (Å²) in [4.78, 5) is 20.7. The lowest BCUT2D eigenvalue weighted by molar-refractivity contribution is -0.160. The number of unbranched alkanes of at least 4 members (excludes halogenated alkanes) is 1. The third-order valence-electron chi connectivity index (χ3n) is 2.42. The summed E-state index contributed by atoms with van der Waals surface area (Å²) < 4.78 is 4.97. The first-order chi connectivity index (χ1) is 7.38. The van der Waals surface area contributed by atoms with Crippen LogP contribution in [0, 0.1) is 0 Å². The molecular formula is C11H19ClO4. The molecule has 0 aromatic rings. The van der Waals surface area contributed by atoms with Crippen LogP contribution in [0.2, 0.25) is 0 Å². The zero-order valence-corrected chi connectivity index (χ0v) is 10.7. The second kappa shape index (κ2) is 6.74. The Balaban J connectivity index is 4.63. The van der Waals surface area contributed by atoms with Crippen LogP contribution in [0.25, 0.3) is 0 Å². The molecule has 0 heterocycles. The molecule has 0 saturated heterocycles. The number of alkyl halides is 1. The number of carboxylic acids is 1. The van der Waals surface area contributed by atoms with E-state index in [1.54, 1.807) is 6.92 Å². The molecule has 94 valence electrons. The first kappa shape index (κ1) is 15.2. The van der Waals surface area contributed by atoms with Crippen molar-refractivity contribution in [3.05, 3.63) is 0 Å². The molecule has 0 saturated carbocycles. The molecule has 0 aliphatic carbocycles. The van der Waals surface area contributed by atoms with Crippen LogP contribution >= 0.6 is 11.6 Å². The molecule has 0 amide bonds. The summed E-state index contributed by atoms with van der Waals surface area (Å²) in [5.74, 6) is -2.19. The Morgan fingerprint density at radius 1 is 1.44 bits per heavy atom. The minimum Gasteiger partial charge on any atom is -0.479 e. The minimum absolute atomic E-state index is 0.0929. The van der Waals surface area contributed by atoms with Gasteiger partial charge in [0.2, 0.25) is 4.87 Å². The molecular weight excluding hydrogens is 232 g/mol. The summed E-state index contributed by atoms with van der Waals surface area (Å²) in [6.07, 6.45) is 1.76. The van der Waals surface area contributed by atoms with Gasteiger partial charge in [-0.3, -0.25) is 0 Å². The molecule has 0 bridgehead atoms. The molecule has 0 radical (unpaired) electrons. The van der Waals surface area contributed by atoms with Crippen LogP contribution in [0.5, 0.6) is 0 Å². The summed E-state index contributed by atoms with van der Waals surface area (Å²) in [7, 11) is 0. The van der Waals surface area contributed by atoms with Crippen LogP contribution in [-0.4, -0.2) is 28.0 Å². The Morgan fingerprint density at radius 3 is 2.38 bits per heavy atom. The normalized spacial score (nSPS) is 16.2. The van der Waals surface area contributed by atoms with E-state index in [1.165, 1.54) is 0 Å². The summed E-state index contributed by atoms with van der Waals surface area (Å²) in [5, 5.41) is 8.98. The van der Waals surface area contributed by atoms with Gasteiger partial charge in [0.1, 0.15) is 0 Å². The maximum absolute atomic E-state index is 11.6. The van der Waals surface area contributed by atoms with E-state index in [1.807, 2.05) is 13.8 Å². The molecule has 0 aromatic carbocycles. The number of hydrogen-bond acceptors (Lipinski definition) is 3. The quantitative estimate of drug-likeness (QED) is 0.429. The van der Waals surface area contributed by atoms with Crippen molar-refractivity contribution in [2.24, 2.45) is 0 Å². The van der Waals surface area contributed by atoms with Crippen molar-refractivity contribution >= 4 is 23.5 Å². The molecule has 0 rings (SSSR count). The molecule has 2 unspecified atom stereocenters. The molecule has 4 nitrogen and oxygen atoms in total. The lowest BCUT2D eigenvalue weighted by atomic mass is 10.0. The van der Waals surface area contributed by atoms with Crippen molar-refractivity contribution in [2.45, 2.75) is 57.4 Å². The highest BCUT2D eigenvalue weighted by molar-refractivity contribution is 6.44. The summed E-state index contributed by atoms with van der Waals surface area (Å²) in [6.45, 7) is 5.46. The van der Waals surface area contributed by atoms with E-state index in [2.05, 4.69) is 0 Å². The van der Waals surface area contributed by atoms with Crippen molar-refractivity contribution in [3.8, 4) is 0 Å². The van der Waals surface area contributed by atoms with Crippen LogP contribution in [-0.2, 0) is 14.3 Å². The molecule has 0 spiro atoms. The minimum atomic E-state index is -1.93. The van der Waals surface area contributed by atoms with Gasteiger partial charge in [0.25, 0.3) is 0 Å². The van der Waals surface area contributed by atoms with Gasteiger partial charge in [0.05, 0.1) is 6.10 Å². The average Bonchev–Trinajstić information content (AvgIpc) is 2.24. The zero-order valence-electron chi connectivity index (χ0n) is 9.96. The van der Waals surface area contributed by atoms with Gasteiger partial charge in [-0.2, -0.15) is 0 Å². The number of carbonyl (C=O) groups is 2. The van der Waals surface area contributed by atoms with Gasteiger partial charge in [-0.25, -0.2) is 9.59 Å². The number of carboxylic acid groups (broad SMARTS) is 1. The Kier molecular flexibility index (Phi) is 6.41. The topological polar surface area (TPSA) is 63.6 Å². The van der Waals surface area contributed by atoms with Gasteiger partial charge in [0, 0.05) is 0 Å². The smallest absolute Gasteiger partial charge is 0.339 e. The monoisotopic (exact) mass is 250 g/mol. The van der Waals surface area contributed by atoms with Crippen LogP contribution in [0.4, 0.5) is 0 Å². The molecule has 0 aliphatic rings. The maximum atomic E-state index is 11.6. The predicted molar refractivity (Wildman–Crippen MR) is 61.6 cm³/mol. The number of carbonyl (C=O) groups excluding carboxylic acids is 1. The molecule has 16 heavy (non-hydrogen) atoms. The Bertz CT molecular complexity index is 254. The average molecular weight is 251 g/mol. The van der Waals surface area contributed by atoms with Gasteiger partial charge in [-0.15, -0.1) is 0 Å². The second-order valence-electron chi connectivity index (χ2n) is 3.83. The van der Waals surface area contributed by atoms with E-state index < -0.39 is 16.8 Å². The standard InChI is InChI=1S/C11H19ClO4/c1-4-6-7-11(12,9(13)14)10(15)16-8(3)5-2/h8H,4-7H2,1-3H3,(H,13,14). The number of hydrogen-bond donors (Lipinski definition) is 1. The lowest BCUT2D eigenvalue weighted by Gasteiger charge is -2.22. The number of aliphatic carboxylic acids is 1. The van der Waals surface area contributed by atoms with Gasteiger partial charge < -0.3 is 9.84 Å². The zero-order chi connectivity index (χ0) is 12.8. The van der Waals surface area contributed by atoms with E-state index >= 15 is 0 Å². The fourth-order valence-corrected chi connectivity index (χ4v) is 1.25. The molecule has 0 aliphatic heterocycles. The molecule has 1 N–H and O–H groups in total. The van der Waals surface area contributed by atoms with E-state index in [0.29, 0.717) is 12.8 Å². The second-order valence-corrected chi connectivity index (χ2v) is 4.48. The van der Waals surface area contributed by atoms with Crippen molar-refractivity contribution in [2.75, 3.05) is 0 Å². The third kappa shape index (κ3) is 4.00.